The van der Waals surface area contributed by atoms with Crippen LogP contribution in [0.3, 0.4) is 0 Å². The van der Waals surface area contributed by atoms with Crippen LogP contribution in [0.15, 0.2) is 51.4 Å². The first-order valence-corrected chi connectivity index (χ1v) is 7.95. The summed E-state index contributed by atoms with van der Waals surface area (Å²) >= 11 is 16.0. The average molecular weight is 385 g/mol. The Labute approximate surface area is 141 Å². The van der Waals surface area contributed by atoms with Gasteiger partial charge in [0.25, 0.3) is 0 Å². The molecular formula is C16H12BrCl2NO. The predicted octanol–water partition coefficient (Wildman–Crippen LogP) is 5.81. The zero-order valence-corrected chi connectivity index (χ0v) is 14.3. The number of halogens is 3. The summed E-state index contributed by atoms with van der Waals surface area (Å²) in [5.74, 6) is 0.778. The topological polar surface area (TPSA) is 25.2 Å². The molecule has 1 N–H and O–H groups in total. The lowest BCUT2D eigenvalue weighted by Gasteiger charge is -2.16. The van der Waals surface area contributed by atoms with E-state index in [0.717, 1.165) is 21.2 Å². The molecule has 0 radical (unpaired) electrons. The third-order valence-corrected chi connectivity index (χ3v) is 4.49. The highest BCUT2D eigenvalue weighted by atomic mass is 79.9. The molecule has 0 saturated heterocycles. The highest BCUT2D eigenvalue weighted by molar-refractivity contribution is 9.10. The molecule has 5 heteroatoms. The van der Waals surface area contributed by atoms with Crippen LogP contribution in [0, 0.1) is 0 Å². The number of hydrogen-bond donors (Lipinski definition) is 1. The van der Waals surface area contributed by atoms with E-state index in [-0.39, 0.29) is 6.04 Å². The summed E-state index contributed by atoms with van der Waals surface area (Å²) in [6.07, 6.45) is 0. The minimum atomic E-state index is -0.140. The number of hydrogen-bond acceptors (Lipinski definition) is 2. The van der Waals surface area contributed by atoms with Crippen LogP contribution >= 0.6 is 39.1 Å². The zero-order chi connectivity index (χ0) is 15.0. The van der Waals surface area contributed by atoms with Crippen molar-refractivity contribution in [3.63, 3.8) is 0 Å². The van der Waals surface area contributed by atoms with Crippen LogP contribution in [0.1, 0.15) is 17.4 Å². The lowest BCUT2D eigenvalue weighted by molar-refractivity contribution is 0.491. The van der Waals surface area contributed by atoms with Crippen LogP contribution in [0.2, 0.25) is 10.0 Å². The summed E-state index contributed by atoms with van der Waals surface area (Å²) in [4.78, 5) is 0. The lowest BCUT2D eigenvalue weighted by atomic mass is 10.0. The van der Waals surface area contributed by atoms with Gasteiger partial charge in [0, 0.05) is 14.9 Å². The van der Waals surface area contributed by atoms with Crippen LogP contribution in [0.4, 0.5) is 0 Å². The Morgan fingerprint density at radius 3 is 2.62 bits per heavy atom. The molecular weight excluding hydrogens is 373 g/mol. The number of rotatable bonds is 3. The Balaban J connectivity index is 2.13. The maximum absolute atomic E-state index is 6.32. The molecule has 0 aliphatic carbocycles. The van der Waals surface area contributed by atoms with E-state index in [1.54, 1.807) is 0 Å². The zero-order valence-electron chi connectivity index (χ0n) is 11.2. The van der Waals surface area contributed by atoms with Gasteiger partial charge in [-0.2, -0.15) is 0 Å². The highest BCUT2D eigenvalue weighted by Gasteiger charge is 2.20. The Hall–Kier alpha value is -1.000. The quantitative estimate of drug-likeness (QED) is 0.616. The monoisotopic (exact) mass is 383 g/mol. The maximum Gasteiger partial charge on any atom is 0.152 e. The van der Waals surface area contributed by atoms with Crippen molar-refractivity contribution < 1.29 is 4.42 Å². The first kappa shape index (κ1) is 14.9. The van der Waals surface area contributed by atoms with E-state index in [2.05, 4.69) is 21.2 Å². The number of para-hydroxylation sites is 1. The Kier molecular flexibility index (Phi) is 4.27. The largest absolute Gasteiger partial charge is 0.457 e. The molecule has 1 atom stereocenters. The van der Waals surface area contributed by atoms with Crippen molar-refractivity contribution in [1.82, 2.24) is 5.32 Å². The van der Waals surface area contributed by atoms with Gasteiger partial charge in [-0.25, -0.2) is 0 Å². The van der Waals surface area contributed by atoms with Crippen LogP contribution in [0.5, 0.6) is 0 Å². The van der Waals surface area contributed by atoms with E-state index in [1.165, 1.54) is 0 Å². The standard InChI is InChI=1S/C16H12BrCl2NO/c1-20-15(11-8-10(17)5-6-12(11)18)14-7-9-3-2-4-13(19)16(9)21-14/h2-8,15,20H,1H3. The Bertz CT molecular complexity index is 800. The van der Waals surface area contributed by atoms with Gasteiger partial charge in [0.1, 0.15) is 5.76 Å². The Morgan fingerprint density at radius 2 is 1.90 bits per heavy atom. The van der Waals surface area contributed by atoms with Gasteiger partial charge in [0.2, 0.25) is 0 Å². The molecule has 0 aliphatic rings. The third-order valence-electron chi connectivity index (χ3n) is 3.36. The summed E-state index contributed by atoms with van der Waals surface area (Å²) in [6, 6.07) is 13.3. The van der Waals surface area contributed by atoms with Crippen molar-refractivity contribution in [3.05, 3.63) is 68.3 Å². The molecule has 1 unspecified atom stereocenters. The number of furan rings is 1. The molecule has 0 bridgehead atoms. The van der Waals surface area contributed by atoms with Gasteiger partial charge < -0.3 is 9.73 Å². The van der Waals surface area contributed by atoms with Gasteiger partial charge in [-0.3, -0.25) is 0 Å². The van der Waals surface area contributed by atoms with Gasteiger partial charge in [-0.1, -0.05) is 51.3 Å². The van der Waals surface area contributed by atoms with E-state index in [9.17, 15) is 0 Å². The van der Waals surface area contributed by atoms with E-state index in [0.29, 0.717) is 15.6 Å². The van der Waals surface area contributed by atoms with E-state index < -0.39 is 0 Å². The fourth-order valence-electron chi connectivity index (χ4n) is 2.38. The Morgan fingerprint density at radius 1 is 1.10 bits per heavy atom. The molecule has 3 rings (SSSR count). The van der Waals surface area contributed by atoms with Gasteiger partial charge in [0.15, 0.2) is 5.58 Å². The minimum absolute atomic E-state index is 0.140. The van der Waals surface area contributed by atoms with Crippen molar-refractivity contribution in [1.29, 1.82) is 0 Å². The third kappa shape index (κ3) is 2.84. The molecule has 108 valence electrons. The normalized spacial score (nSPS) is 12.8. The second kappa shape index (κ2) is 6.01. The summed E-state index contributed by atoms with van der Waals surface area (Å²) < 4.78 is 6.90. The molecule has 0 fully saturated rings. The highest BCUT2D eigenvalue weighted by Crippen LogP contribution is 2.35. The van der Waals surface area contributed by atoms with Crippen LogP contribution < -0.4 is 5.32 Å². The van der Waals surface area contributed by atoms with Gasteiger partial charge in [-0.05, 0) is 42.9 Å². The number of benzene rings is 2. The molecule has 3 aromatic rings. The van der Waals surface area contributed by atoms with Crippen molar-refractivity contribution >= 4 is 50.1 Å². The maximum atomic E-state index is 6.32. The first-order valence-electron chi connectivity index (χ1n) is 6.40. The van der Waals surface area contributed by atoms with Crippen LogP contribution in [-0.2, 0) is 0 Å². The average Bonchev–Trinajstić information content (AvgIpc) is 2.89. The smallest absolute Gasteiger partial charge is 0.152 e. The van der Waals surface area contributed by atoms with E-state index in [4.69, 9.17) is 27.6 Å². The van der Waals surface area contributed by atoms with Crippen molar-refractivity contribution in [2.45, 2.75) is 6.04 Å². The van der Waals surface area contributed by atoms with Crippen LogP contribution in [0.25, 0.3) is 11.0 Å². The molecule has 1 aromatic heterocycles. The second-order valence-corrected chi connectivity index (χ2v) is 6.42. The molecule has 0 amide bonds. The lowest BCUT2D eigenvalue weighted by Crippen LogP contribution is -2.17. The van der Waals surface area contributed by atoms with Crippen molar-refractivity contribution in [2.75, 3.05) is 7.05 Å². The van der Waals surface area contributed by atoms with Crippen molar-refractivity contribution in [2.24, 2.45) is 0 Å². The fraction of sp³-hybridized carbons (Fsp3) is 0.125. The number of fused-ring (bicyclic) bond motifs is 1. The van der Waals surface area contributed by atoms with Crippen molar-refractivity contribution in [3.8, 4) is 0 Å². The van der Waals surface area contributed by atoms with Gasteiger partial charge >= 0.3 is 0 Å². The van der Waals surface area contributed by atoms with E-state index in [1.807, 2.05) is 49.5 Å². The number of nitrogens with one attached hydrogen (secondary N) is 1. The molecule has 0 saturated carbocycles. The first-order chi connectivity index (χ1) is 10.1. The molecule has 1 heterocycles. The predicted molar refractivity (Wildman–Crippen MR) is 91.3 cm³/mol. The summed E-state index contributed by atoms with van der Waals surface area (Å²) in [5, 5.41) is 5.51. The summed E-state index contributed by atoms with van der Waals surface area (Å²) in [5.41, 5.74) is 1.64. The molecule has 0 aliphatic heterocycles. The summed E-state index contributed by atoms with van der Waals surface area (Å²) in [6.45, 7) is 0. The molecule has 21 heavy (non-hydrogen) atoms. The van der Waals surface area contributed by atoms with E-state index >= 15 is 0 Å². The summed E-state index contributed by atoms with van der Waals surface area (Å²) in [7, 11) is 1.87. The van der Waals surface area contributed by atoms with Gasteiger partial charge in [-0.15, -0.1) is 0 Å². The molecule has 0 spiro atoms. The fourth-order valence-corrected chi connectivity index (χ4v) is 3.20. The SMILES string of the molecule is CNC(c1cc2cccc(Cl)c2o1)c1cc(Br)ccc1Cl. The molecule has 2 nitrogen and oxygen atoms in total. The van der Waals surface area contributed by atoms with Crippen LogP contribution in [-0.4, -0.2) is 7.05 Å². The van der Waals surface area contributed by atoms with Gasteiger partial charge in [0.05, 0.1) is 11.1 Å². The molecule has 2 aromatic carbocycles. The second-order valence-electron chi connectivity index (χ2n) is 4.69. The minimum Gasteiger partial charge on any atom is -0.457 e.